The number of phenolic OH excluding ortho intramolecular Hbond substituents is 1. The number of carboxylic acids is 1. The molecule has 33 heavy (non-hydrogen) atoms. The standard InChI is InChI=1S/C21H23N3O2.C2HF3O2/c1-24(2)12-4-11-22-21(26)16-9-7-15(8-10-16)18-13-17-5-3-6-19(25)20(17)23-14-18;3-2(4,5)1(6)7/h3,5-10,13-14,25H,4,11-12H2,1-2H3,(H,22,26);(H,6,7). The van der Waals surface area contributed by atoms with E-state index in [1.165, 1.54) is 0 Å². The van der Waals surface area contributed by atoms with E-state index in [2.05, 4.69) is 15.2 Å². The second-order valence-corrected chi connectivity index (χ2v) is 7.37. The van der Waals surface area contributed by atoms with Gasteiger partial charge in [0.1, 0.15) is 11.3 Å². The van der Waals surface area contributed by atoms with Crippen molar-refractivity contribution >= 4 is 22.8 Å². The predicted molar refractivity (Wildman–Crippen MR) is 118 cm³/mol. The summed E-state index contributed by atoms with van der Waals surface area (Å²) in [5.74, 6) is -2.64. The summed E-state index contributed by atoms with van der Waals surface area (Å²) in [7, 11) is 4.03. The van der Waals surface area contributed by atoms with Crippen LogP contribution >= 0.6 is 0 Å². The number of alkyl halides is 3. The van der Waals surface area contributed by atoms with Gasteiger partial charge in [0, 0.05) is 29.3 Å². The molecule has 0 radical (unpaired) electrons. The van der Waals surface area contributed by atoms with Crippen molar-refractivity contribution in [1.29, 1.82) is 0 Å². The molecule has 0 saturated carbocycles. The third-order valence-corrected chi connectivity index (χ3v) is 4.48. The van der Waals surface area contributed by atoms with Crippen LogP contribution in [0.4, 0.5) is 13.2 Å². The summed E-state index contributed by atoms with van der Waals surface area (Å²) in [6.07, 6.45) is -2.43. The van der Waals surface area contributed by atoms with Crippen LogP contribution in [0.3, 0.4) is 0 Å². The highest BCUT2D eigenvalue weighted by atomic mass is 19.4. The van der Waals surface area contributed by atoms with Crippen molar-refractivity contribution in [2.24, 2.45) is 0 Å². The molecule has 0 aliphatic rings. The van der Waals surface area contributed by atoms with Crippen LogP contribution in [0.15, 0.2) is 54.7 Å². The molecule has 0 saturated heterocycles. The molecular formula is C23H24F3N3O4. The van der Waals surface area contributed by atoms with E-state index in [-0.39, 0.29) is 11.7 Å². The first-order valence-corrected chi connectivity index (χ1v) is 9.90. The maximum atomic E-state index is 12.2. The topological polar surface area (TPSA) is 103 Å². The van der Waals surface area contributed by atoms with Gasteiger partial charge in [-0.15, -0.1) is 0 Å². The summed E-state index contributed by atoms with van der Waals surface area (Å²) < 4.78 is 31.7. The molecule has 2 aromatic carbocycles. The van der Waals surface area contributed by atoms with Crippen molar-refractivity contribution in [3.8, 4) is 16.9 Å². The van der Waals surface area contributed by atoms with E-state index >= 15 is 0 Å². The molecule has 0 spiro atoms. The van der Waals surface area contributed by atoms with Gasteiger partial charge >= 0.3 is 12.1 Å². The van der Waals surface area contributed by atoms with Crippen molar-refractivity contribution in [2.45, 2.75) is 12.6 Å². The Hall–Kier alpha value is -3.66. The predicted octanol–water partition coefficient (Wildman–Crippen LogP) is 3.92. The minimum atomic E-state index is -5.08. The lowest BCUT2D eigenvalue weighted by Gasteiger charge is -2.10. The Bertz CT molecular complexity index is 1100. The first kappa shape index (κ1) is 25.6. The van der Waals surface area contributed by atoms with Gasteiger partial charge in [-0.25, -0.2) is 4.79 Å². The number of benzene rings is 2. The number of aliphatic carboxylic acids is 1. The third kappa shape index (κ3) is 7.76. The van der Waals surface area contributed by atoms with Crippen LogP contribution in [0.5, 0.6) is 5.75 Å². The van der Waals surface area contributed by atoms with E-state index < -0.39 is 12.1 Å². The molecule has 1 amide bonds. The van der Waals surface area contributed by atoms with Gasteiger partial charge in [-0.3, -0.25) is 9.78 Å². The monoisotopic (exact) mass is 463 g/mol. The highest BCUT2D eigenvalue weighted by Gasteiger charge is 2.38. The smallest absolute Gasteiger partial charge is 0.490 e. The first-order valence-electron chi connectivity index (χ1n) is 9.90. The summed E-state index contributed by atoms with van der Waals surface area (Å²) >= 11 is 0. The van der Waals surface area contributed by atoms with Crippen LogP contribution in [0.1, 0.15) is 16.8 Å². The van der Waals surface area contributed by atoms with Gasteiger partial charge in [0.25, 0.3) is 5.91 Å². The first-order chi connectivity index (χ1) is 15.5. The number of nitrogens with one attached hydrogen (secondary N) is 1. The molecule has 0 aliphatic carbocycles. The van der Waals surface area contributed by atoms with Crippen molar-refractivity contribution < 1.29 is 33.0 Å². The Morgan fingerprint density at radius 2 is 1.70 bits per heavy atom. The number of hydrogen-bond acceptors (Lipinski definition) is 5. The Kier molecular flexibility index (Phi) is 8.75. The molecule has 0 atom stereocenters. The fourth-order valence-electron chi connectivity index (χ4n) is 2.82. The number of fused-ring (bicyclic) bond motifs is 1. The zero-order chi connectivity index (χ0) is 24.6. The average Bonchev–Trinajstić information content (AvgIpc) is 2.76. The van der Waals surface area contributed by atoms with Crippen LogP contribution < -0.4 is 5.32 Å². The third-order valence-electron chi connectivity index (χ3n) is 4.48. The highest BCUT2D eigenvalue weighted by molar-refractivity contribution is 5.95. The Balaban J connectivity index is 0.000000479. The van der Waals surface area contributed by atoms with Gasteiger partial charge in [0.2, 0.25) is 0 Å². The molecule has 0 bridgehead atoms. The molecule has 3 rings (SSSR count). The van der Waals surface area contributed by atoms with Crippen molar-refractivity contribution in [3.63, 3.8) is 0 Å². The van der Waals surface area contributed by atoms with Gasteiger partial charge in [-0.2, -0.15) is 13.2 Å². The molecule has 0 aliphatic heterocycles. The van der Waals surface area contributed by atoms with E-state index in [4.69, 9.17) is 9.90 Å². The Labute approximate surface area is 188 Å². The van der Waals surface area contributed by atoms with E-state index in [0.29, 0.717) is 17.6 Å². The minimum Gasteiger partial charge on any atom is -0.506 e. The number of aromatic hydroxyl groups is 1. The molecule has 1 aromatic heterocycles. The van der Waals surface area contributed by atoms with Crippen LogP contribution in [0, 0.1) is 0 Å². The van der Waals surface area contributed by atoms with E-state index in [1.54, 1.807) is 18.3 Å². The maximum Gasteiger partial charge on any atom is 0.490 e. The zero-order valence-corrected chi connectivity index (χ0v) is 18.1. The SMILES string of the molecule is CN(C)CCCNC(=O)c1ccc(-c2cnc3c(O)cccc3c2)cc1.O=C(O)C(F)(F)F. The number of hydrogen-bond donors (Lipinski definition) is 3. The molecule has 3 N–H and O–H groups in total. The van der Waals surface area contributed by atoms with Gasteiger partial charge in [-0.1, -0.05) is 24.3 Å². The number of halogens is 3. The van der Waals surface area contributed by atoms with Gasteiger partial charge in [0.05, 0.1) is 0 Å². The number of amides is 1. The zero-order valence-electron chi connectivity index (χ0n) is 18.1. The highest BCUT2D eigenvalue weighted by Crippen LogP contribution is 2.27. The fourth-order valence-corrected chi connectivity index (χ4v) is 2.82. The number of carboxylic acid groups (broad SMARTS) is 1. The lowest BCUT2D eigenvalue weighted by molar-refractivity contribution is -0.192. The summed E-state index contributed by atoms with van der Waals surface area (Å²) in [5, 5.41) is 20.8. The number of phenols is 1. The molecule has 0 fully saturated rings. The lowest BCUT2D eigenvalue weighted by atomic mass is 10.0. The molecule has 0 unspecified atom stereocenters. The van der Waals surface area contributed by atoms with Crippen LogP contribution in [-0.4, -0.2) is 65.3 Å². The molecule has 3 aromatic rings. The van der Waals surface area contributed by atoms with E-state index in [9.17, 15) is 23.1 Å². The average molecular weight is 463 g/mol. The summed E-state index contributed by atoms with van der Waals surface area (Å²) in [5.41, 5.74) is 3.16. The largest absolute Gasteiger partial charge is 0.506 e. The fraction of sp³-hybridized carbons (Fsp3) is 0.261. The summed E-state index contributed by atoms with van der Waals surface area (Å²) in [4.78, 5) is 27.5. The quantitative estimate of drug-likeness (QED) is 0.479. The number of carbonyl (C=O) groups is 2. The van der Waals surface area contributed by atoms with E-state index in [1.807, 2.05) is 50.5 Å². The number of carbonyl (C=O) groups excluding carboxylic acids is 1. The maximum absolute atomic E-state index is 12.2. The number of para-hydroxylation sites is 1. The Morgan fingerprint density at radius 3 is 2.27 bits per heavy atom. The van der Waals surface area contributed by atoms with Gasteiger partial charge < -0.3 is 20.4 Å². The van der Waals surface area contributed by atoms with Crippen molar-refractivity contribution in [3.05, 3.63) is 60.3 Å². The minimum absolute atomic E-state index is 0.0585. The van der Waals surface area contributed by atoms with Crippen LogP contribution in [0.2, 0.25) is 0 Å². The molecule has 176 valence electrons. The Morgan fingerprint density at radius 1 is 1.06 bits per heavy atom. The number of nitrogens with zero attached hydrogens (tertiary/aromatic N) is 2. The lowest BCUT2D eigenvalue weighted by Crippen LogP contribution is -2.27. The number of aromatic nitrogens is 1. The molecule has 1 heterocycles. The van der Waals surface area contributed by atoms with E-state index in [0.717, 1.165) is 29.5 Å². The summed E-state index contributed by atoms with van der Waals surface area (Å²) in [6.45, 7) is 1.61. The molecule has 7 nitrogen and oxygen atoms in total. The van der Waals surface area contributed by atoms with Crippen LogP contribution in [0.25, 0.3) is 22.0 Å². The summed E-state index contributed by atoms with van der Waals surface area (Å²) in [6, 6.07) is 14.8. The van der Waals surface area contributed by atoms with Gasteiger partial charge in [0.15, 0.2) is 0 Å². The second kappa shape index (κ2) is 11.3. The molecular weight excluding hydrogens is 439 g/mol. The van der Waals surface area contributed by atoms with Gasteiger partial charge in [-0.05, 0) is 56.9 Å². The normalized spacial score (nSPS) is 11.1. The number of pyridine rings is 1. The van der Waals surface area contributed by atoms with Crippen LogP contribution in [-0.2, 0) is 4.79 Å². The van der Waals surface area contributed by atoms with Crippen molar-refractivity contribution in [1.82, 2.24) is 15.2 Å². The number of rotatable bonds is 6. The second-order valence-electron chi connectivity index (χ2n) is 7.37. The molecule has 10 heteroatoms. The van der Waals surface area contributed by atoms with Crippen molar-refractivity contribution in [2.75, 3.05) is 27.2 Å².